The first-order valence-corrected chi connectivity index (χ1v) is 7.65. The van der Waals surface area contributed by atoms with E-state index in [9.17, 15) is 14.7 Å². The smallest absolute Gasteiger partial charge is 0.326 e. The number of hydrogen-bond donors (Lipinski definition) is 3. The highest BCUT2D eigenvalue weighted by Gasteiger charge is 2.22. The van der Waals surface area contributed by atoms with E-state index in [1.807, 2.05) is 24.3 Å². The summed E-state index contributed by atoms with van der Waals surface area (Å²) < 4.78 is 0. The molecular weight excluding hydrogens is 300 g/mol. The highest BCUT2D eigenvalue weighted by Crippen LogP contribution is 2.19. The Morgan fingerprint density at radius 3 is 2.77 bits per heavy atom. The van der Waals surface area contributed by atoms with Crippen LogP contribution in [0.3, 0.4) is 0 Å². The van der Waals surface area contributed by atoms with E-state index in [4.69, 9.17) is 0 Å². The Hall–Kier alpha value is -2.60. The monoisotopic (exact) mass is 314 g/mol. The number of fused-ring (bicyclic) bond motifs is 1. The summed E-state index contributed by atoms with van der Waals surface area (Å²) in [5.74, 6) is -1.41. The van der Waals surface area contributed by atoms with E-state index < -0.39 is 12.0 Å². The molecule has 0 aliphatic rings. The molecule has 1 amide bonds. The Morgan fingerprint density at radius 1 is 1.23 bits per heavy atom. The van der Waals surface area contributed by atoms with Crippen molar-refractivity contribution in [3.63, 3.8) is 0 Å². The number of carbonyl (C=O) groups is 2. The van der Waals surface area contributed by atoms with Crippen LogP contribution in [-0.2, 0) is 11.2 Å². The normalized spacial score (nSPS) is 12.2. The number of hydrogen-bond acceptors (Lipinski definition) is 3. The van der Waals surface area contributed by atoms with Gasteiger partial charge in [0.1, 0.15) is 6.04 Å². The van der Waals surface area contributed by atoms with Gasteiger partial charge in [0.2, 0.25) is 0 Å². The summed E-state index contributed by atoms with van der Waals surface area (Å²) in [6, 6.07) is 10.1. The van der Waals surface area contributed by atoms with Gasteiger partial charge in [-0.25, -0.2) is 4.79 Å². The number of carboxylic acid groups (broad SMARTS) is 1. The molecule has 1 aromatic carbocycles. The molecule has 0 radical (unpaired) electrons. The van der Waals surface area contributed by atoms with Crippen LogP contribution in [-0.4, -0.2) is 28.0 Å². The number of benzene rings is 1. The highest BCUT2D eigenvalue weighted by atomic mass is 32.1. The minimum Gasteiger partial charge on any atom is -0.480 e. The number of rotatable bonds is 5. The zero-order chi connectivity index (χ0) is 15.5. The van der Waals surface area contributed by atoms with E-state index in [0.717, 1.165) is 16.5 Å². The second kappa shape index (κ2) is 6.03. The maximum Gasteiger partial charge on any atom is 0.326 e. The first-order chi connectivity index (χ1) is 10.6. The minimum atomic E-state index is -1.05. The molecule has 0 aliphatic heterocycles. The fourth-order valence-electron chi connectivity index (χ4n) is 2.36. The molecule has 3 rings (SSSR count). The first-order valence-electron chi connectivity index (χ1n) is 6.77. The summed E-state index contributed by atoms with van der Waals surface area (Å²) in [6.45, 7) is 0. The standard InChI is InChI=1S/C16H14N2O3S/c19-15(14-6-3-7-22-14)18-13(16(20)21)8-10-9-17-12-5-2-1-4-11(10)12/h1-7,9,13,17H,8H2,(H,18,19)(H,20,21)/t13-/m0/s1. The molecule has 112 valence electrons. The molecule has 2 heterocycles. The van der Waals surface area contributed by atoms with Crippen molar-refractivity contribution >= 4 is 34.1 Å². The lowest BCUT2D eigenvalue weighted by Gasteiger charge is -2.13. The molecule has 0 saturated heterocycles. The van der Waals surface area contributed by atoms with Crippen LogP contribution < -0.4 is 5.32 Å². The van der Waals surface area contributed by atoms with Gasteiger partial charge in [-0.3, -0.25) is 4.79 Å². The molecule has 0 spiro atoms. The zero-order valence-electron chi connectivity index (χ0n) is 11.6. The summed E-state index contributed by atoms with van der Waals surface area (Å²) in [4.78, 5) is 27.1. The molecule has 3 N–H and O–H groups in total. The van der Waals surface area contributed by atoms with E-state index >= 15 is 0 Å². The van der Waals surface area contributed by atoms with Crippen molar-refractivity contribution in [3.05, 3.63) is 58.4 Å². The van der Waals surface area contributed by atoms with Gasteiger partial charge in [-0.2, -0.15) is 0 Å². The lowest BCUT2D eigenvalue weighted by molar-refractivity contribution is -0.139. The lowest BCUT2D eigenvalue weighted by atomic mass is 10.0. The number of nitrogens with one attached hydrogen (secondary N) is 2. The van der Waals surface area contributed by atoms with Gasteiger partial charge in [-0.05, 0) is 23.1 Å². The Bertz CT molecular complexity index is 808. The molecule has 5 nitrogen and oxygen atoms in total. The van der Waals surface area contributed by atoms with E-state index in [0.29, 0.717) is 4.88 Å². The molecule has 0 saturated carbocycles. The van der Waals surface area contributed by atoms with E-state index in [1.165, 1.54) is 11.3 Å². The Balaban J connectivity index is 1.80. The molecule has 0 fully saturated rings. The second-order valence-corrected chi connectivity index (χ2v) is 5.85. The van der Waals surface area contributed by atoms with Gasteiger partial charge in [0.15, 0.2) is 0 Å². The summed E-state index contributed by atoms with van der Waals surface area (Å²) in [6.07, 6.45) is 2.02. The number of aromatic nitrogens is 1. The van der Waals surface area contributed by atoms with Gasteiger partial charge in [0.25, 0.3) is 5.91 Å². The zero-order valence-corrected chi connectivity index (χ0v) is 12.4. The van der Waals surface area contributed by atoms with Gasteiger partial charge >= 0.3 is 5.97 Å². The van der Waals surface area contributed by atoms with E-state index in [2.05, 4.69) is 10.3 Å². The number of aliphatic carboxylic acids is 1. The number of thiophene rings is 1. The lowest BCUT2D eigenvalue weighted by Crippen LogP contribution is -2.42. The van der Waals surface area contributed by atoms with Crippen LogP contribution in [0.15, 0.2) is 48.0 Å². The van der Waals surface area contributed by atoms with Gasteiger partial charge in [0, 0.05) is 23.5 Å². The minimum absolute atomic E-state index is 0.233. The van der Waals surface area contributed by atoms with Crippen LogP contribution in [0, 0.1) is 0 Å². The molecule has 2 aromatic heterocycles. The third-order valence-corrected chi connectivity index (χ3v) is 4.32. The van der Waals surface area contributed by atoms with E-state index in [-0.39, 0.29) is 12.3 Å². The summed E-state index contributed by atoms with van der Waals surface area (Å²) in [5.41, 5.74) is 1.82. The van der Waals surface area contributed by atoms with Gasteiger partial charge in [-0.1, -0.05) is 24.3 Å². The van der Waals surface area contributed by atoms with Crippen molar-refractivity contribution in [2.45, 2.75) is 12.5 Å². The summed E-state index contributed by atoms with van der Waals surface area (Å²) in [7, 11) is 0. The predicted octanol–water partition coefficient (Wildman–Crippen LogP) is 2.66. The van der Waals surface area contributed by atoms with Crippen molar-refractivity contribution in [2.24, 2.45) is 0 Å². The molecule has 1 atom stereocenters. The molecule has 0 bridgehead atoms. The number of aromatic amines is 1. The third kappa shape index (κ3) is 2.87. The van der Waals surface area contributed by atoms with Crippen LogP contribution in [0.2, 0.25) is 0 Å². The topological polar surface area (TPSA) is 82.2 Å². The van der Waals surface area contributed by atoms with Crippen LogP contribution in [0.4, 0.5) is 0 Å². The third-order valence-electron chi connectivity index (χ3n) is 3.45. The number of carboxylic acids is 1. The average molecular weight is 314 g/mol. The quantitative estimate of drug-likeness (QED) is 0.677. The first kappa shape index (κ1) is 14.3. The Morgan fingerprint density at radius 2 is 2.05 bits per heavy atom. The van der Waals surface area contributed by atoms with Gasteiger partial charge < -0.3 is 15.4 Å². The largest absolute Gasteiger partial charge is 0.480 e. The molecular formula is C16H14N2O3S. The summed E-state index contributed by atoms with van der Waals surface area (Å²) >= 11 is 1.28. The maximum atomic E-state index is 12.0. The molecule has 22 heavy (non-hydrogen) atoms. The van der Waals surface area contributed by atoms with Crippen LogP contribution in [0.1, 0.15) is 15.2 Å². The van der Waals surface area contributed by atoms with Crippen molar-refractivity contribution in [3.8, 4) is 0 Å². The van der Waals surface area contributed by atoms with Crippen molar-refractivity contribution in [2.75, 3.05) is 0 Å². The number of para-hydroxylation sites is 1. The Labute approximate surface area is 130 Å². The highest BCUT2D eigenvalue weighted by molar-refractivity contribution is 7.12. The maximum absolute atomic E-state index is 12.0. The van der Waals surface area contributed by atoms with Crippen LogP contribution in [0.25, 0.3) is 10.9 Å². The molecule has 3 aromatic rings. The van der Waals surface area contributed by atoms with Gasteiger partial charge in [-0.15, -0.1) is 11.3 Å². The average Bonchev–Trinajstić information content (AvgIpc) is 3.16. The van der Waals surface area contributed by atoms with Gasteiger partial charge in [0.05, 0.1) is 4.88 Å². The fourth-order valence-corrected chi connectivity index (χ4v) is 2.98. The van der Waals surface area contributed by atoms with Crippen molar-refractivity contribution < 1.29 is 14.7 Å². The summed E-state index contributed by atoms with van der Waals surface area (Å²) in [5, 5.41) is 14.7. The van der Waals surface area contributed by atoms with Crippen LogP contribution in [0.5, 0.6) is 0 Å². The number of amides is 1. The molecule has 0 unspecified atom stereocenters. The number of H-pyrrole nitrogens is 1. The molecule has 6 heteroatoms. The molecule has 0 aliphatic carbocycles. The van der Waals surface area contributed by atoms with E-state index in [1.54, 1.807) is 23.7 Å². The van der Waals surface area contributed by atoms with Crippen LogP contribution >= 0.6 is 11.3 Å². The van der Waals surface area contributed by atoms with Crippen molar-refractivity contribution in [1.29, 1.82) is 0 Å². The fraction of sp³-hybridized carbons (Fsp3) is 0.125. The Kier molecular flexibility index (Phi) is 3.93. The second-order valence-electron chi connectivity index (χ2n) is 4.91. The SMILES string of the molecule is O=C(N[C@@H](Cc1c[nH]c2ccccc12)C(=O)O)c1cccs1. The predicted molar refractivity (Wildman–Crippen MR) is 85.2 cm³/mol. The number of carbonyl (C=O) groups excluding carboxylic acids is 1. The van der Waals surface area contributed by atoms with Crippen molar-refractivity contribution in [1.82, 2.24) is 10.3 Å².